The lowest BCUT2D eigenvalue weighted by atomic mass is 10.1. The van der Waals surface area contributed by atoms with E-state index in [1.54, 1.807) is 7.11 Å². The third-order valence-electron chi connectivity index (χ3n) is 2.74. The molecule has 0 radical (unpaired) electrons. The summed E-state index contributed by atoms with van der Waals surface area (Å²) in [6.45, 7) is 0.571. The van der Waals surface area contributed by atoms with Crippen molar-refractivity contribution in [1.82, 2.24) is 5.32 Å². The number of nitrogens with one attached hydrogen (secondary N) is 1. The molecule has 0 bridgehead atoms. The van der Waals surface area contributed by atoms with Gasteiger partial charge in [0.2, 0.25) is 5.91 Å². The number of ether oxygens (including phenoxy) is 1. The summed E-state index contributed by atoms with van der Waals surface area (Å²) in [6, 6.07) is 7.95. The minimum atomic E-state index is -0.604. The second-order valence-electron chi connectivity index (χ2n) is 4.32. The normalized spacial score (nSPS) is 16.6. The van der Waals surface area contributed by atoms with Crippen molar-refractivity contribution in [2.45, 2.75) is 30.9 Å². The predicted molar refractivity (Wildman–Crippen MR) is 66.9 cm³/mol. The van der Waals surface area contributed by atoms with E-state index in [2.05, 4.69) is 5.32 Å². The fourth-order valence-corrected chi connectivity index (χ4v) is 1.81. The van der Waals surface area contributed by atoms with Crippen molar-refractivity contribution in [3.05, 3.63) is 35.4 Å². The topological polar surface area (TPSA) is 38.3 Å². The average molecular weight is 254 g/mol. The van der Waals surface area contributed by atoms with Gasteiger partial charge in [-0.05, 0) is 24.0 Å². The number of hydrogen-bond acceptors (Lipinski definition) is 2. The molecule has 3 nitrogen and oxygen atoms in total. The Bertz CT molecular complexity index is 387. The smallest absolute Gasteiger partial charge is 0.242 e. The predicted octanol–water partition coefficient (Wildman–Crippen LogP) is 2.39. The first-order chi connectivity index (χ1) is 8.20. The van der Waals surface area contributed by atoms with E-state index in [1.807, 2.05) is 24.3 Å². The summed E-state index contributed by atoms with van der Waals surface area (Å²) in [6.07, 6.45) is 2.14. The van der Waals surface area contributed by atoms with Crippen molar-refractivity contribution >= 4 is 17.5 Å². The van der Waals surface area contributed by atoms with Gasteiger partial charge in [0.25, 0.3) is 0 Å². The molecule has 1 aromatic rings. The molecule has 1 N–H and O–H groups in total. The summed E-state index contributed by atoms with van der Waals surface area (Å²) >= 11 is 6.11. The molecule has 0 aliphatic heterocycles. The molecule has 17 heavy (non-hydrogen) atoms. The zero-order valence-electron chi connectivity index (χ0n) is 9.78. The first kappa shape index (κ1) is 12.4. The number of carbonyl (C=O) groups is 1. The molecule has 1 atom stereocenters. The first-order valence-electron chi connectivity index (χ1n) is 5.73. The Labute approximate surface area is 106 Å². The van der Waals surface area contributed by atoms with Gasteiger partial charge < -0.3 is 10.1 Å². The monoisotopic (exact) mass is 253 g/mol. The van der Waals surface area contributed by atoms with E-state index in [0.717, 1.165) is 24.0 Å². The summed E-state index contributed by atoms with van der Waals surface area (Å²) in [4.78, 5) is 11.7. The van der Waals surface area contributed by atoms with Gasteiger partial charge in [0.1, 0.15) is 5.38 Å². The highest BCUT2D eigenvalue weighted by Crippen LogP contribution is 2.24. The molecule has 1 aliphatic rings. The Morgan fingerprint density at radius 2 is 2.12 bits per heavy atom. The molecule has 92 valence electrons. The molecular formula is C13H16ClNO2. The fraction of sp³-hybridized carbons (Fsp3) is 0.462. The molecule has 1 aromatic carbocycles. The highest BCUT2D eigenvalue weighted by Gasteiger charge is 2.27. The number of carbonyl (C=O) groups excluding carboxylic acids is 1. The van der Waals surface area contributed by atoms with Gasteiger partial charge in [0.15, 0.2) is 0 Å². The lowest BCUT2D eigenvalue weighted by Gasteiger charge is -2.10. The highest BCUT2D eigenvalue weighted by molar-refractivity contribution is 6.30. The molecule has 1 fully saturated rings. The largest absolute Gasteiger partial charge is 0.380 e. The molecule has 1 saturated carbocycles. The third-order valence-corrected chi connectivity index (χ3v) is 3.19. The first-order valence-corrected chi connectivity index (χ1v) is 6.16. The van der Waals surface area contributed by atoms with Crippen LogP contribution in [0.5, 0.6) is 0 Å². The van der Waals surface area contributed by atoms with Gasteiger partial charge in [0.05, 0.1) is 6.61 Å². The quantitative estimate of drug-likeness (QED) is 0.819. The van der Waals surface area contributed by atoms with Crippen molar-refractivity contribution in [2.75, 3.05) is 7.11 Å². The Morgan fingerprint density at radius 3 is 2.65 bits per heavy atom. The van der Waals surface area contributed by atoms with Crippen LogP contribution < -0.4 is 5.32 Å². The van der Waals surface area contributed by atoms with E-state index in [4.69, 9.17) is 16.3 Å². The average Bonchev–Trinajstić information content (AvgIpc) is 3.13. The lowest BCUT2D eigenvalue weighted by Crippen LogP contribution is -2.28. The van der Waals surface area contributed by atoms with Crippen LogP contribution in [0.2, 0.25) is 0 Å². The van der Waals surface area contributed by atoms with Crippen molar-refractivity contribution in [2.24, 2.45) is 0 Å². The second kappa shape index (κ2) is 5.52. The Balaban J connectivity index is 1.97. The van der Waals surface area contributed by atoms with Crippen molar-refractivity contribution < 1.29 is 9.53 Å². The summed E-state index contributed by atoms with van der Waals surface area (Å²) in [5.41, 5.74) is 1.90. The van der Waals surface area contributed by atoms with Gasteiger partial charge in [0, 0.05) is 13.2 Å². The molecule has 0 saturated heterocycles. The molecule has 0 spiro atoms. The summed E-state index contributed by atoms with van der Waals surface area (Å²) < 4.78 is 5.02. The van der Waals surface area contributed by atoms with Gasteiger partial charge in [-0.15, -0.1) is 11.6 Å². The Morgan fingerprint density at radius 1 is 1.47 bits per heavy atom. The van der Waals surface area contributed by atoms with Crippen LogP contribution in [0.15, 0.2) is 24.3 Å². The Hall–Kier alpha value is -1.06. The molecule has 0 aromatic heterocycles. The Kier molecular flexibility index (Phi) is 4.02. The SMILES string of the molecule is COCc1ccc(C(Cl)C(=O)NC2CC2)cc1. The van der Waals surface area contributed by atoms with E-state index in [-0.39, 0.29) is 5.91 Å². The number of rotatable bonds is 5. The minimum Gasteiger partial charge on any atom is -0.380 e. The van der Waals surface area contributed by atoms with E-state index < -0.39 is 5.38 Å². The van der Waals surface area contributed by atoms with Gasteiger partial charge in [-0.25, -0.2) is 0 Å². The van der Waals surface area contributed by atoms with Crippen LogP contribution in [0.3, 0.4) is 0 Å². The summed E-state index contributed by atoms with van der Waals surface area (Å²) in [5, 5.41) is 2.29. The van der Waals surface area contributed by atoms with Crippen molar-refractivity contribution in [3.8, 4) is 0 Å². The molecule has 1 aliphatic carbocycles. The highest BCUT2D eigenvalue weighted by atomic mass is 35.5. The van der Waals surface area contributed by atoms with Crippen LogP contribution in [-0.2, 0) is 16.1 Å². The van der Waals surface area contributed by atoms with E-state index in [1.165, 1.54) is 0 Å². The van der Waals surface area contributed by atoms with E-state index >= 15 is 0 Å². The van der Waals surface area contributed by atoms with Crippen LogP contribution in [0.4, 0.5) is 0 Å². The zero-order chi connectivity index (χ0) is 12.3. The van der Waals surface area contributed by atoms with Gasteiger partial charge in [-0.2, -0.15) is 0 Å². The van der Waals surface area contributed by atoms with Crippen molar-refractivity contribution in [1.29, 1.82) is 0 Å². The van der Waals surface area contributed by atoms with Crippen molar-refractivity contribution in [3.63, 3.8) is 0 Å². The number of amides is 1. The molecule has 0 heterocycles. The molecule has 1 amide bonds. The fourth-order valence-electron chi connectivity index (χ4n) is 1.60. The second-order valence-corrected chi connectivity index (χ2v) is 4.76. The summed E-state index contributed by atoms with van der Waals surface area (Å²) in [7, 11) is 1.65. The number of benzene rings is 1. The third kappa shape index (κ3) is 3.45. The maximum absolute atomic E-state index is 11.7. The van der Waals surface area contributed by atoms with Crippen LogP contribution in [0.1, 0.15) is 29.3 Å². The van der Waals surface area contributed by atoms with Crippen LogP contribution in [-0.4, -0.2) is 19.1 Å². The summed E-state index contributed by atoms with van der Waals surface area (Å²) in [5.74, 6) is -0.103. The van der Waals surface area contributed by atoms with E-state index in [0.29, 0.717) is 12.6 Å². The van der Waals surface area contributed by atoms with Gasteiger partial charge >= 0.3 is 0 Å². The number of alkyl halides is 1. The standard InChI is InChI=1S/C13H16ClNO2/c1-17-8-9-2-4-10(5-3-9)12(14)13(16)15-11-6-7-11/h2-5,11-12H,6-8H2,1H3,(H,15,16). The molecule has 2 rings (SSSR count). The molecule has 4 heteroatoms. The van der Waals surface area contributed by atoms with Gasteiger partial charge in [-0.1, -0.05) is 24.3 Å². The zero-order valence-corrected chi connectivity index (χ0v) is 10.5. The maximum Gasteiger partial charge on any atom is 0.242 e. The molecular weight excluding hydrogens is 238 g/mol. The lowest BCUT2D eigenvalue weighted by molar-refractivity contribution is -0.121. The number of halogens is 1. The molecule has 1 unspecified atom stereocenters. The van der Waals surface area contributed by atoms with Crippen LogP contribution in [0, 0.1) is 0 Å². The van der Waals surface area contributed by atoms with E-state index in [9.17, 15) is 4.79 Å². The number of methoxy groups -OCH3 is 1. The van der Waals surface area contributed by atoms with Gasteiger partial charge in [-0.3, -0.25) is 4.79 Å². The number of hydrogen-bond donors (Lipinski definition) is 1. The minimum absolute atomic E-state index is 0.103. The van der Waals surface area contributed by atoms with Crippen LogP contribution in [0.25, 0.3) is 0 Å². The van der Waals surface area contributed by atoms with Crippen LogP contribution >= 0.6 is 11.6 Å². The maximum atomic E-state index is 11.7.